The van der Waals surface area contributed by atoms with Crippen molar-refractivity contribution in [3.05, 3.63) is 34.4 Å². The van der Waals surface area contributed by atoms with Crippen molar-refractivity contribution >= 4 is 5.97 Å². The third-order valence-electron chi connectivity index (χ3n) is 2.15. The molecule has 1 aromatic carbocycles. The fourth-order valence-corrected chi connectivity index (χ4v) is 1.29. The van der Waals surface area contributed by atoms with Crippen molar-refractivity contribution in [3.8, 4) is 0 Å². The van der Waals surface area contributed by atoms with Crippen molar-refractivity contribution in [3.63, 3.8) is 0 Å². The number of hydrogen-bond donors (Lipinski definition) is 0. The molecule has 0 saturated heterocycles. The van der Waals surface area contributed by atoms with Crippen molar-refractivity contribution in [1.82, 2.24) is 0 Å². The minimum atomic E-state index is -1.60. The van der Waals surface area contributed by atoms with Crippen LogP contribution in [0.1, 0.15) is 18.1 Å². The van der Waals surface area contributed by atoms with Crippen LogP contribution in [0.25, 0.3) is 0 Å². The van der Waals surface area contributed by atoms with Gasteiger partial charge >= 0.3 is 5.97 Å². The SMILES string of the molecule is COCc1c(F)c(F)c(COC(C)=O)c(F)c1F. The second-order valence-electron chi connectivity index (χ2n) is 3.43. The highest BCUT2D eigenvalue weighted by Gasteiger charge is 2.25. The zero-order valence-corrected chi connectivity index (χ0v) is 9.65. The van der Waals surface area contributed by atoms with E-state index in [0.29, 0.717) is 0 Å². The lowest BCUT2D eigenvalue weighted by atomic mass is 10.1. The van der Waals surface area contributed by atoms with Crippen LogP contribution < -0.4 is 0 Å². The zero-order chi connectivity index (χ0) is 13.9. The van der Waals surface area contributed by atoms with E-state index < -0.39 is 53.6 Å². The molecular formula is C11H10F4O3. The van der Waals surface area contributed by atoms with Gasteiger partial charge in [0.1, 0.15) is 6.61 Å². The van der Waals surface area contributed by atoms with Crippen molar-refractivity contribution in [2.24, 2.45) is 0 Å². The van der Waals surface area contributed by atoms with Crippen LogP contribution in [0.3, 0.4) is 0 Å². The molecule has 3 nitrogen and oxygen atoms in total. The summed E-state index contributed by atoms with van der Waals surface area (Å²) in [7, 11) is 1.13. The Bertz CT molecular complexity index is 445. The second kappa shape index (κ2) is 5.81. The molecule has 1 rings (SSSR count). The van der Waals surface area contributed by atoms with Gasteiger partial charge in [-0.25, -0.2) is 17.6 Å². The van der Waals surface area contributed by atoms with E-state index in [2.05, 4.69) is 9.47 Å². The molecule has 0 bridgehead atoms. The maximum absolute atomic E-state index is 13.4. The van der Waals surface area contributed by atoms with E-state index in [1.165, 1.54) is 0 Å². The summed E-state index contributed by atoms with van der Waals surface area (Å²) >= 11 is 0. The topological polar surface area (TPSA) is 35.5 Å². The van der Waals surface area contributed by atoms with E-state index in [1.807, 2.05) is 0 Å². The van der Waals surface area contributed by atoms with Gasteiger partial charge in [-0.2, -0.15) is 0 Å². The smallest absolute Gasteiger partial charge is 0.302 e. The van der Waals surface area contributed by atoms with Crippen LogP contribution in [0.15, 0.2) is 0 Å². The standard InChI is InChI=1S/C11H10F4O3/c1-5(16)18-4-7-10(14)8(12)6(3-17-2)9(13)11(7)15/h3-4H2,1-2H3. The Balaban J connectivity index is 3.25. The largest absolute Gasteiger partial charge is 0.461 e. The van der Waals surface area contributed by atoms with Crippen molar-refractivity contribution < 1.29 is 31.8 Å². The molecule has 0 radical (unpaired) electrons. The summed E-state index contributed by atoms with van der Waals surface area (Å²) in [5.41, 5.74) is -1.82. The molecule has 0 atom stereocenters. The van der Waals surface area contributed by atoms with Gasteiger partial charge in [0, 0.05) is 14.0 Å². The number of hydrogen-bond acceptors (Lipinski definition) is 3. The second-order valence-corrected chi connectivity index (χ2v) is 3.43. The lowest BCUT2D eigenvalue weighted by Gasteiger charge is -2.11. The normalized spacial score (nSPS) is 10.6. The number of esters is 1. The van der Waals surface area contributed by atoms with Crippen LogP contribution in [0, 0.1) is 23.3 Å². The van der Waals surface area contributed by atoms with Gasteiger partial charge in [0.15, 0.2) is 23.3 Å². The Morgan fingerprint density at radius 3 is 1.67 bits per heavy atom. The van der Waals surface area contributed by atoms with E-state index in [1.54, 1.807) is 0 Å². The summed E-state index contributed by atoms with van der Waals surface area (Å²) in [4.78, 5) is 10.5. The maximum Gasteiger partial charge on any atom is 0.302 e. The quantitative estimate of drug-likeness (QED) is 0.477. The van der Waals surface area contributed by atoms with Gasteiger partial charge in [0.2, 0.25) is 0 Å². The molecule has 1 aromatic rings. The van der Waals surface area contributed by atoms with Gasteiger partial charge in [-0.05, 0) is 0 Å². The summed E-state index contributed by atoms with van der Waals surface area (Å²) in [6.07, 6.45) is 0. The molecule has 0 N–H and O–H groups in total. The summed E-state index contributed by atoms with van der Waals surface area (Å²) in [6, 6.07) is 0. The number of methoxy groups -OCH3 is 1. The minimum absolute atomic E-state index is 0.612. The summed E-state index contributed by atoms with van der Waals surface area (Å²) in [6.45, 7) is -0.491. The highest BCUT2D eigenvalue weighted by Crippen LogP contribution is 2.25. The molecule has 0 fully saturated rings. The Morgan fingerprint density at radius 2 is 1.33 bits per heavy atom. The van der Waals surface area contributed by atoms with Crippen LogP contribution >= 0.6 is 0 Å². The lowest BCUT2D eigenvalue weighted by Crippen LogP contribution is -2.11. The summed E-state index contributed by atoms with van der Waals surface area (Å²) < 4.78 is 62.5. The first-order chi connectivity index (χ1) is 8.40. The predicted octanol–water partition coefficient (Wildman–Crippen LogP) is 2.45. The lowest BCUT2D eigenvalue weighted by molar-refractivity contribution is -0.142. The number of rotatable bonds is 4. The average Bonchev–Trinajstić information content (AvgIpc) is 2.32. The number of benzene rings is 1. The van der Waals surface area contributed by atoms with E-state index in [0.717, 1.165) is 14.0 Å². The van der Waals surface area contributed by atoms with Gasteiger partial charge in [-0.15, -0.1) is 0 Å². The zero-order valence-electron chi connectivity index (χ0n) is 9.65. The molecular weight excluding hydrogens is 256 g/mol. The molecule has 0 aromatic heterocycles. The fourth-order valence-electron chi connectivity index (χ4n) is 1.29. The third-order valence-corrected chi connectivity index (χ3v) is 2.15. The van der Waals surface area contributed by atoms with Crippen molar-refractivity contribution in [1.29, 1.82) is 0 Å². The van der Waals surface area contributed by atoms with Crippen LogP contribution in [0.5, 0.6) is 0 Å². The minimum Gasteiger partial charge on any atom is -0.461 e. The van der Waals surface area contributed by atoms with Crippen molar-refractivity contribution in [2.45, 2.75) is 20.1 Å². The Hall–Kier alpha value is -1.63. The molecule has 0 spiro atoms. The average molecular weight is 266 g/mol. The van der Waals surface area contributed by atoms with Gasteiger partial charge in [-0.1, -0.05) is 0 Å². The third kappa shape index (κ3) is 2.79. The first-order valence-electron chi connectivity index (χ1n) is 4.86. The monoisotopic (exact) mass is 266 g/mol. The first kappa shape index (κ1) is 14.4. The van der Waals surface area contributed by atoms with E-state index >= 15 is 0 Å². The maximum atomic E-state index is 13.4. The molecule has 0 aliphatic heterocycles. The highest BCUT2D eigenvalue weighted by atomic mass is 19.2. The van der Waals surface area contributed by atoms with Crippen LogP contribution in [0.4, 0.5) is 17.6 Å². The summed E-state index contributed by atoms with van der Waals surface area (Å²) in [5.74, 6) is -7.13. The molecule has 100 valence electrons. The Labute approximate surface area is 100 Å². The number of carbonyl (C=O) groups is 1. The first-order valence-corrected chi connectivity index (χ1v) is 4.86. The number of halogens is 4. The molecule has 0 aliphatic carbocycles. The Morgan fingerprint density at radius 1 is 0.944 bits per heavy atom. The van der Waals surface area contributed by atoms with E-state index in [4.69, 9.17) is 0 Å². The molecule has 0 saturated carbocycles. The van der Waals surface area contributed by atoms with Gasteiger partial charge < -0.3 is 9.47 Å². The highest BCUT2D eigenvalue weighted by molar-refractivity contribution is 5.65. The van der Waals surface area contributed by atoms with Gasteiger partial charge in [-0.3, -0.25) is 4.79 Å². The van der Waals surface area contributed by atoms with Crippen LogP contribution in [-0.4, -0.2) is 13.1 Å². The molecule has 0 amide bonds. The molecule has 18 heavy (non-hydrogen) atoms. The molecule has 0 unspecified atom stereocenters. The molecule has 0 heterocycles. The number of carbonyl (C=O) groups excluding carboxylic acids is 1. The molecule has 0 aliphatic rings. The molecule has 7 heteroatoms. The summed E-state index contributed by atoms with van der Waals surface area (Å²) in [5, 5.41) is 0. The number of ether oxygens (including phenoxy) is 2. The van der Waals surface area contributed by atoms with Gasteiger partial charge in [0.05, 0.1) is 17.7 Å². The van der Waals surface area contributed by atoms with E-state index in [-0.39, 0.29) is 0 Å². The van der Waals surface area contributed by atoms with Crippen molar-refractivity contribution in [2.75, 3.05) is 7.11 Å². The Kier molecular flexibility index (Phi) is 4.66. The van der Waals surface area contributed by atoms with Crippen LogP contribution in [-0.2, 0) is 27.5 Å². The predicted molar refractivity (Wildman–Crippen MR) is 52.5 cm³/mol. The fraction of sp³-hybridized carbons (Fsp3) is 0.364. The van der Waals surface area contributed by atoms with Crippen LogP contribution in [0.2, 0.25) is 0 Å². The van der Waals surface area contributed by atoms with Gasteiger partial charge in [0.25, 0.3) is 0 Å². The van der Waals surface area contributed by atoms with E-state index in [9.17, 15) is 22.4 Å².